The molecule has 1 aliphatic rings. The Labute approximate surface area is 149 Å². The maximum absolute atomic E-state index is 12.3. The monoisotopic (exact) mass is 400 g/mol. The lowest BCUT2D eigenvalue weighted by atomic mass is 10.2. The molecule has 0 aromatic heterocycles. The molecule has 24 heavy (non-hydrogen) atoms. The quantitative estimate of drug-likeness (QED) is 0.813. The Kier molecular flexibility index (Phi) is 5.58. The molecule has 2 amide bonds. The third-order valence-electron chi connectivity index (χ3n) is 3.02. The highest BCUT2D eigenvalue weighted by molar-refractivity contribution is 9.10. The van der Waals surface area contributed by atoms with Gasteiger partial charge >= 0.3 is 6.09 Å². The van der Waals surface area contributed by atoms with E-state index in [0.717, 1.165) is 0 Å². The number of carbonyl (C=O) groups excluding carboxylic acids is 2. The first kappa shape index (κ1) is 18.4. The Hall–Kier alpha value is -1.96. The lowest BCUT2D eigenvalue weighted by molar-refractivity contribution is -0.117. The van der Waals surface area contributed by atoms with E-state index in [2.05, 4.69) is 26.6 Å². The Bertz CT molecular complexity index is 642. The van der Waals surface area contributed by atoms with Crippen LogP contribution in [0.5, 0.6) is 11.5 Å². The zero-order chi connectivity index (χ0) is 17.9. The third kappa shape index (κ3) is 5.02. The van der Waals surface area contributed by atoms with Gasteiger partial charge in [-0.3, -0.25) is 4.79 Å². The smallest absolute Gasteiger partial charge is 0.408 e. The van der Waals surface area contributed by atoms with Gasteiger partial charge in [0.15, 0.2) is 11.5 Å². The first-order valence-corrected chi connectivity index (χ1v) is 8.34. The Morgan fingerprint density at radius 2 is 1.79 bits per heavy atom. The predicted octanol–water partition coefficient (Wildman–Crippen LogP) is 3.07. The summed E-state index contributed by atoms with van der Waals surface area (Å²) in [4.78, 5) is 24.0. The van der Waals surface area contributed by atoms with Crippen LogP contribution < -0.4 is 20.1 Å². The topological polar surface area (TPSA) is 85.9 Å². The van der Waals surface area contributed by atoms with Crippen LogP contribution in [0.25, 0.3) is 0 Å². The SMILES string of the molecule is C[C@@H](NC(=O)OC(C)(C)C)C(=O)Nc1cc2c(cc1Br)OCCO2. The molecule has 7 nitrogen and oxygen atoms in total. The molecule has 1 atom stereocenters. The number of carbonyl (C=O) groups is 2. The van der Waals surface area contributed by atoms with Crippen molar-refractivity contribution in [2.24, 2.45) is 0 Å². The van der Waals surface area contributed by atoms with E-state index in [4.69, 9.17) is 14.2 Å². The van der Waals surface area contributed by atoms with E-state index in [1.165, 1.54) is 0 Å². The molecular formula is C16H21BrN2O5. The molecule has 1 aromatic carbocycles. The second-order valence-electron chi connectivity index (χ2n) is 6.33. The standard InChI is InChI=1S/C16H21BrN2O5/c1-9(18-15(21)24-16(2,3)4)14(20)19-11-8-13-12(7-10(11)17)22-5-6-23-13/h7-9H,5-6H2,1-4H3,(H,18,21)(H,19,20)/t9-/m1/s1. The zero-order valence-corrected chi connectivity index (χ0v) is 15.7. The van der Waals surface area contributed by atoms with Crippen LogP contribution >= 0.6 is 15.9 Å². The fraction of sp³-hybridized carbons (Fsp3) is 0.500. The van der Waals surface area contributed by atoms with Gasteiger partial charge in [0, 0.05) is 16.6 Å². The predicted molar refractivity (Wildman–Crippen MR) is 92.6 cm³/mol. The highest BCUT2D eigenvalue weighted by Gasteiger charge is 2.22. The fourth-order valence-corrected chi connectivity index (χ4v) is 2.37. The number of hydrogen-bond acceptors (Lipinski definition) is 5. The number of anilines is 1. The van der Waals surface area contributed by atoms with Crippen LogP contribution in [0.4, 0.5) is 10.5 Å². The minimum atomic E-state index is -0.764. The van der Waals surface area contributed by atoms with Crippen molar-refractivity contribution in [2.75, 3.05) is 18.5 Å². The highest BCUT2D eigenvalue weighted by Crippen LogP contribution is 2.38. The maximum atomic E-state index is 12.3. The normalized spacial score (nSPS) is 14.5. The van der Waals surface area contributed by atoms with Crippen LogP contribution in [0.15, 0.2) is 16.6 Å². The van der Waals surface area contributed by atoms with Crippen LogP contribution in [-0.2, 0) is 9.53 Å². The Balaban J connectivity index is 2.00. The van der Waals surface area contributed by atoms with Crippen molar-refractivity contribution in [3.05, 3.63) is 16.6 Å². The van der Waals surface area contributed by atoms with E-state index in [1.807, 2.05) is 0 Å². The molecular weight excluding hydrogens is 380 g/mol. The molecule has 0 aliphatic carbocycles. The number of ether oxygens (including phenoxy) is 3. The largest absolute Gasteiger partial charge is 0.486 e. The zero-order valence-electron chi connectivity index (χ0n) is 14.1. The second-order valence-corrected chi connectivity index (χ2v) is 7.19. The first-order valence-electron chi connectivity index (χ1n) is 7.55. The number of rotatable bonds is 3. The minimum Gasteiger partial charge on any atom is -0.486 e. The molecule has 2 N–H and O–H groups in total. The van der Waals surface area contributed by atoms with Crippen LogP contribution in [0.3, 0.4) is 0 Å². The van der Waals surface area contributed by atoms with E-state index in [1.54, 1.807) is 39.8 Å². The summed E-state index contributed by atoms with van der Waals surface area (Å²) in [5.41, 5.74) is -0.0961. The molecule has 1 aromatic rings. The fourth-order valence-electron chi connectivity index (χ4n) is 1.95. The summed E-state index contributed by atoms with van der Waals surface area (Å²) >= 11 is 3.38. The number of nitrogens with one attached hydrogen (secondary N) is 2. The first-order chi connectivity index (χ1) is 11.2. The summed E-state index contributed by atoms with van der Waals surface area (Å²) in [6.45, 7) is 7.78. The molecule has 132 valence electrons. The molecule has 1 heterocycles. The Morgan fingerprint density at radius 1 is 1.21 bits per heavy atom. The van der Waals surface area contributed by atoms with Crippen molar-refractivity contribution in [1.29, 1.82) is 0 Å². The summed E-state index contributed by atoms with van der Waals surface area (Å²) in [6, 6.07) is 2.65. The van der Waals surface area contributed by atoms with Crippen molar-refractivity contribution >= 4 is 33.6 Å². The van der Waals surface area contributed by atoms with Crippen LogP contribution in [-0.4, -0.2) is 36.9 Å². The van der Waals surface area contributed by atoms with E-state index < -0.39 is 17.7 Å². The molecule has 0 spiro atoms. The summed E-state index contributed by atoms with van der Waals surface area (Å²) in [7, 11) is 0. The minimum absolute atomic E-state index is 0.377. The van der Waals surface area contributed by atoms with Gasteiger partial charge in [0.25, 0.3) is 0 Å². The van der Waals surface area contributed by atoms with Gasteiger partial charge in [-0.25, -0.2) is 4.79 Å². The van der Waals surface area contributed by atoms with Gasteiger partial charge in [0.05, 0.1) is 5.69 Å². The molecule has 0 bridgehead atoms. The van der Waals surface area contributed by atoms with Crippen molar-refractivity contribution in [3.8, 4) is 11.5 Å². The van der Waals surface area contributed by atoms with E-state index in [-0.39, 0.29) is 5.91 Å². The van der Waals surface area contributed by atoms with Gasteiger partial charge in [0.2, 0.25) is 5.91 Å². The van der Waals surface area contributed by atoms with Crippen LogP contribution in [0.1, 0.15) is 27.7 Å². The van der Waals surface area contributed by atoms with Gasteiger partial charge in [-0.15, -0.1) is 0 Å². The van der Waals surface area contributed by atoms with Gasteiger partial charge in [0.1, 0.15) is 24.9 Å². The number of hydrogen-bond donors (Lipinski definition) is 2. The van der Waals surface area contributed by atoms with Crippen LogP contribution in [0.2, 0.25) is 0 Å². The van der Waals surface area contributed by atoms with Crippen molar-refractivity contribution in [1.82, 2.24) is 5.32 Å². The maximum Gasteiger partial charge on any atom is 0.408 e. The Morgan fingerprint density at radius 3 is 2.38 bits per heavy atom. The molecule has 1 aliphatic heterocycles. The summed E-state index contributed by atoms with van der Waals surface area (Å²) < 4.78 is 16.8. The number of benzene rings is 1. The van der Waals surface area contributed by atoms with Crippen molar-refractivity contribution in [2.45, 2.75) is 39.3 Å². The molecule has 0 unspecified atom stereocenters. The summed E-state index contributed by atoms with van der Waals surface area (Å²) in [5, 5.41) is 5.23. The average molecular weight is 401 g/mol. The van der Waals surface area contributed by atoms with E-state index in [0.29, 0.717) is 34.9 Å². The molecule has 0 saturated heterocycles. The van der Waals surface area contributed by atoms with Gasteiger partial charge in [-0.1, -0.05) is 0 Å². The van der Waals surface area contributed by atoms with E-state index >= 15 is 0 Å². The lowest BCUT2D eigenvalue weighted by Crippen LogP contribution is -2.44. The van der Waals surface area contributed by atoms with Crippen molar-refractivity contribution < 1.29 is 23.8 Å². The highest BCUT2D eigenvalue weighted by atomic mass is 79.9. The summed E-state index contributed by atoms with van der Waals surface area (Å²) in [6.07, 6.45) is -0.647. The van der Waals surface area contributed by atoms with Crippen molar-refractivity contribution in [3.63, 3.8) is 0 Å². The molecule has 0 fully saturated rings. The molecule has 2 rings (SSSR count). The average Bonchev–Trinajstić information content (AvgIpc) is 2.45. The summed E-state index contributed by atoms with van der Waals surface area (Å²) in [5.74, 6) is 0.803. The van der Waals surface area contributed by atoms with Gasteiger partial charge in [-0.2, -0.15) is 0 Å². The molecule has 0 saturated carbocycles. The number of alkyl carbamates (subject to hydrolysis) is 1. The molecule has 8 heteroatoms. The number of fused-ring (bicyclic) bond motifs is 1. The van der Waals surface area contributed by atoms with Gasteiger partial charge in [-0.05, 0) is 43.6 Å². The third-order valence-corrected chi connectivity index (χ3v) is 3.67. The number of halogens is 1. The second kappa shape index (κ2) is 7.29. The van der Waals surface area contributed by atoms with Gasteiger partial charge < -0.3 is 24.8 Å². The van der Waals surface area contributed by atoms with Crippen LogP contribution in [0, 0.1) is 0 Å². The number of amides is 2. The van der Waals surface area contributed by atoms with E-state index in [9.17, 15) is 9.59 Å². The molecule has 0 radical (unpaired) electrons. The lowest BCUT2D eigenvalue weighted by Gasteiger charge is -2.22.